The van der Waals surface area contributed by atoms with Crippen molar-refractivity contribution >= 4 is 44.8 Å². The quantitative estimate of drug-likeness (QED) is 0.158. The molecule has 0 unspecified atom stereocenters. The van der Waals surface area contributed by atoms with Gasteiger partial charge < -0.3 is 4.18 Å². The highest BCUT2D eigenvalue weighted by Crippen LogP contribution is 2.38. The van der Waals surface area contributed by atoms with E-state index in [0.717, 1.165) is 35.1 Å². The van der Waals surface area contributed by atoms with Crippen LogP contribution in [0.4, 0.5) is 22.0 Å². The van der Waals surface area contributed by atoms with E-state index in [9.17, 15) is 35.6 Å². The molecule has 0 spiro atoms. The Bertz CT molecular complexity index is 1400. The smallest absolute Gasteiger partial charge is 0.372 e. The van der Waals surface area contributed by atoms with Crippen LogP contribution in [0.5, 0.6) is 0 Å². The van der Waals surface area contributed by atoms with Crippen LogP contribution in [0.25, 0.3) is 22.7 Å². The lowest BCUT2D eigenvalue weighted by atomic mass is 10.1. The second-order valence-corrected chi connectivity index (χ2v) is 8.35. The molecule has 0 aliphatic rings. The molecule has 0 aliphatic carbocycles. The Labute approximate surface area is 192 Å². The van der Waals surface area contributed by atoms with Gasteiger partial charge in [0, 0.05) is 13.2 Å². The lowest BCUT2D eigenvalue weighted by Gasteiger charge is -2.14. The summed E-state index contributed by atoms with van der Waals surface area (Å²) >= 11 is 11.8. The number of aryl methyl sites for hydroxylation is 1. The molecule has 3 rings (SSSR count). The van der Waals surface area contributed by atoms with Crippen molar-refractivity contribution in [3.05, 3.63) is 58.0 Å². The van der Waals surface area contributed by atoms with Crippen LogP contribution in [0.2, 0.25) is 10.3 Å². The third-order valence-corrected chi connectivity index (χ3v) is 5.65. The topological polar surface area (TPSA) is 103 Å². The van der Waals surface area contributed by atoms with Gasteiger partial charge in [-0.25, -0.2) is 13.5 Å². The van der Waals surface area contributed by atoms with Gasteiger partial charge in [0.05, 0.1) is 16.8 Å². The van der Waals surface area contributed by atoms with Crippen LogP contribution in [0.15, 0.2) is 30.5 Å². The molecule has 0 saturated heterocycles. The zero-order valence-electron chi connectivity index (χ0n) is 15.9. The normalized spacial score (nSPS) is 12.9. The largest absolute Gasteiger partial charge is 0.534 e. The number of nitriles is 1. The average Bonchev–Trinajstić information content (AvgIpc) is 3.25. The van der Waals surface area contributed by atoms with E-state index < -0.39 is 60.2 Å². The van der Waals surface area contributed by atoms with E-state index in [4.69, 9.17) is 23.2 Å². The summed E-state index contributed by atoms with van der Waals surface area (Å²) in [6.07, 6.45) is 0.932. The molecule has 174 valence electrons. The van der Waals surface area contributed by atoms with Crippen molar-refractivity contribution in [1.82, 2.24) is 19.6 Å². The molecule has 0 amide bonds. The summed E-state index contributed by atoms with van der Waals surface area (Å²) in [7, 11) is -5.09. The Morgan fingerprint density at radius 3 is 2.24 bits per heavy atom. The van der Waals surface area contributed by atoms with Crippen LogP contribution < -0.4 is 0 Å². The average molecular weight is 528 g/mol. The van der Waals surface area contributed by atoms with Crippen molar-refractivity contribution in [1.29, 1.82) is 5.26 Å². The summed E-state index contributed by atoms with van der Waals surface area (Å²) in [5, 5.41) is 15.9. The molecule has 2 heterocycles. The van der Waals surface area contributed by atoms with E-state index in [1.54, 1.807) is 0 Å². The third kappa shape index (κ3) is 4.52. The first-order valence-electron chi connectivity index (χ1n) is 8.32. The molecule has 2 aromatic heterocycles. The van der Waals surface area contributed by atoms with E-state index >= 15 is 0 Å². The van der Waals surface area contributed by atoms with Gasteiger partial charge in [-0.2, -0.15) is 37.0 Å². The predicted molar refractivity (Wildman–Crippen MR) is 106 cm³/mol. The molecule has 0 fully saturated rings. The Morgan fingerprint density at radius 1 is 1.15 bits per heavy atom. The van der Waals surface area contributed by atoms with Crippen LogP contribution in [-0.4, -0.2) is 33.5 Å². The lowest BCUT2D eigenvalue weighted by Crippen LogP contribution is -2.25. The highest BCUT2D eigenvalue weighted by atomic mass is 35.5. The molecule has 8 nitrogen and oxygen atoms in total. The minimum Gasteiger partial charge on any atom is -0.372 e. The summed E-state index contributed by atoms with van der Waals surface area (Å²) in [5.41, 5.74) is -8.47. The van der Waals surface area contributed by atoms with Crippen LogP contribution in [-0.2, 0) is 21.3 Å². The van der Waals surface area contributed by atoms with Gasteiger partial charge in [-0.05, 0) is 18.2 Å². The number of aromatic nitrogens is 4. The molecule has 0 bridgehead atoms. The first-order chi connectivity index (χ1) is 15.3. The van der Waals surface area contributed by atoms with Crippen molar-refractivity contribution in [2.75, 3.05) is 0 Å². The van der Waals surface area contributed by atoms with E-state index in [0.29, 0.717) is 4.68 Å². The third-order valence-electron chi connectivity index (χ3n) is 4.00. The summed E-state index contributed by atoms with van der Waals surface area (Å²) in [6, 6.07) is 5.41. The molecule has 0 saturated carbocycles. The molecular formula is C17H8Cl2F5N5O3S. The van der Waals surface area contributed by atoms with Crippen LogP contribution in [0.3, 0.4) is 0 Å². The molecule has 0 N–H and O–H groups in total. The molecule has 1 aromatic carbocycles. The predicted octanol–water partition coefficient (Wildman–Crippen LogP) is 4.58. The fourth-order valence-electron chi connectivity index (χ4n) is 2.55. The summed E-state index contributed by atoms with van der Waals surface area (Å²) in [4.78, 5) is 0. The second-order valence-electron chi connectivity index (χ2n) is 6.10. The Morgan fingerprint density at radius 2 is 1.76 bits per heavy atom. The van der Waals surface area contributed by atoms with E-state index in [-0.39, 0.29) is 5.69 Å². The van der Waals surface area contributed by atoms with E-state index in [2.05, 4.69) is 14.4 Å². The molecule has 16 heteroatoms. The Kier molecular flexibility index (Phi) is 6.42. The zero-order chi connectivity index (χ0) is 24.7. The minimum atomic E-state index is -6.32. The number of nitrogens with zero attached hydrogens (tertiary/aromatic N) is 5. The first kappa shape index (κ1) is 24.5. The maximum absolute atomic E-state index is 14.1. The Balaban J connectivity index is 2.29. The SMILES string of the molecule is Cn1nc(Cl)c(C(OS(=O)(=O)C(F)(F)F)=C(C#N)n2ccc(-c3c(F)cccc3F)n2)c1Cl. The van der Waals surface area contributed by atoms with Crippen molar-refractivity contribution in [3.8, 4) is 17.3 Å². The van der Waals surface area contributed by atoms with Gasteiger partial charge in [0.25, 0.3) is 0 Å². The number of hydrogen-bond acceptors (Lipinski definition) is 6. The highest BCUT2D eigenvalue weighted by Gasteiger charge is 2.50. The van der Waals surface area contributed by atoms with Gasteiger partial charge >= 0.3 is 15.6 Å². The number of rotatable bonds is 5. The first-order valence-corrected chi connectivity index (χ1v) is 10.5. The van der Waals surface area contributed by atoms with E-state index in [1.165, 1.54) is 13.1 Å². The molecule has 0 atom stereocenters. The minimum absolute atomic E-state index is 0.361. The molecule has 3 aromatic rings. The van der Waals surface area contributed by atoms with Gasteiger partial charge in [0.1, 0.15) is 22.9 Å². The van der Waals surface area contributed by atoms with Crippen LogP contribution in [0, 0.1) is 23.0 Å². The number of allylic oxidation sites excluding steroid dienone is 1. The molecule has 0 radical (unpaired) electrons. The number of hydrogen-bond donors (Lipinski definition) is 0. The van der Waals surface area contributed by atoms with Gasteiger partial charge in [-0.1, -0.05) is 29.3 Å². The number of alkyl halides is 3. The fourth-order valence-corrected chi connectivity index (χ4v) is 3.57. The fraction of sp³-hybridized carbons (Fsp3) is 0.118. The van der Waals surface area contributed by atoms with Gasteiger partial charge in [-0.15, -0.1) is 0 Å². The van der Waals surface area contributed by atoms with E-state index in [1.807, 2.05) is 0 Å². The maximum atomic E-state index is 14.1. The molecular weight excluding hydrogens is 520 g/mol. The van der Waals surface area contributed by atoms with Crippen molar-refractivity contribution < 1.29 is 34.6 Å². The van der Waals surface area contributed by atoms with Crippen LogP contribution >= 0.6 is 23.2 Å². The zero-order valence-corrected chi connectivity index (χ0v) is 18.2. The van der Waals surface area contributed by atoms with Crippen LogP contribution in [0.1, 0.15) is 5.56 Å². The highest BCUT2D eigenvalue weighted by molar-refractivity contribution is 7.87. The standard InChI is InChI=1S/C17H8Cl2F5N5O3S/c1-28-16(19)13(15(18)27-28)14(32-33(30,31)17(22,23)24)11(7-25)29-6-5-10(26-29)12-8(20)3-2-4-9(12)21/h2-6H,1H3. The van der Waals surface area contributed by atoms with Crippen molar-refractivity contribution in [2.24, 2.45) is 7.05 Å². The van der Waals surface area contributed by atoms with Crippen molar-refractivity contribution in [3.63, 3.8) is 0 Å². The summed E-state index contributed by atoms with van der Waals surface area (Å²) in [6.45, 7) is 0. The van der Waals surface area contributed by atoms with Gasteiger partial charge in [-0.3, -0.25) is 4.68 Å². The number of halogens is 7. The summed E-state index contributed by atoms with van der Waals surface area (Å²) in [5.74, 6) is -3.30. The maximum Gasteiger partial charge on any atom is 0.534 e. The van der Waals surface area contributed by atoms with Crippen molar-refractivity contribution in [2.45, 2.75) is 5.51 Å². The number of benzene rings is 1. The monoisotopic (exact) mass is 527 g/mol. The lowest BCUT2D eigenvalue weighted by molar-refractivity contribution is -0.0509. The molecule has 33 heavy (non-hydrogen) atoms. The second kappa shape index (κ2) is 8.65. The molecule has 0 aliphatic heterocycles. The Hall–Kier alpha value is -3.15. The van der Waals surface area contributed by atoms with Gasteiger partial charge in [0.2, 0.25) is 0 Å². The summed E-state index contributed by atoms with van der Waals surface area (Å²) < 4.78 is 96.1. The van der Waals surface area contributed by atoms with Gasteiger partial charge in [0.15, 0.2) is 16.6 Å².